The number of hydrogen-bond acceptors (Lipinski definition) is 7. The molecule has 0 fully saturated rings. The molecule has 0 saturated heterocycles. The molecule has 0 aliphatic rings. The van der Waals surface area contributed by atoms with E-state index in [1.165, 1.54) is 6.92 Å². The van der Waals surface area contributed by atoms with Gasteiger partial charge in [0.15, 0.2) is 0 Å². The fourth-order valence-corrected chi connectivity index (χ4v) is 4.10. The lowest BCUT2D eigenvalue weighted by Gasteiger charge is -2.26. The number of carboxylic acids is 1. The quantitative estimate of drug-likeness (QED) is 0.285. The van der Waals surface area contributed by atoms with Crippen LogP contribution in [0.25, 0.3) is 0 Å². The van der Waals surface area contributed by atoms with Gasteiger partial charge in [0.2, 0.25) is 6.29 Å². The largest absolute Gasteiger partial charge is 0.480 e. The van der Waals surface area contributed by atoms with E-state index in [1.807, 2.05) is 18.4 Å². The highest BCUT2D eigenvalue weighted by atomic mass is 35.5. The standard InChI is InChI=1S/C26H35Cl2N3O6/c1-15(2)7-21(23(32)33)30-22(24(34)36-16(3)37-25(35)26(4,5)6)11-20-12-29-14-31(20)13-17-8-18(27)10-19(28)9-17/h8-10,12,14-16,21-22,30H,7,11,13H2,1-6H3,(H,32,33). The zero-order valence-corrected chi connectivity index (χ0v) is 23.5. The third kappa shape index (κ3) is 9.98. The van der Waals surface area contributed by atoms with Gasteiger partial charge in [-0.05, 0) is 56.9 Å². The molecule has 2 rings (SSSR count). The zero-order chi connectivity index (χ0) is 27.9. The van der Waals surface area contributed by atoms with Gasteiger partial charge in [0, 0.05) is 41.8 Å². The lowest BCUT2D eigenvalue weighted by Crippen LogP contribution is -2.50. The topological polar surface area (TPSA) is 120 Å². The van der Waals surface area contributed by atoms with E-state index in [9.17, 15) is 19.5 Å². The molecule has 0 saturated carbocycles. The Morgan fingerprint density at radius 2 is 1.68 bits per heavy atom. The number of carbonyl (C=O) groups excluding carboxylic acids is 2. The maximum absolute atomic E-state index is 13.2. The summed E-state index contributed by atoms with van der Waals surface area (Å²) in [5.41, 5.74) is 0.702. The van der Waals surface area contributed by atoms with E-state index < -0.39 is 41.7 Å². The maximum Gasteiger partial charge on any atom is 0.326 e. The van der Waals surface area contributed by atoms with E-state index in [0.717, 1.165) is 5.56 Å². The summed E-state index contributed by atoms with van der Waals surface area (Å²) < 4.78 is 12.5. The molecule has 0 radical (unpaired) electrons. The van der Waals surface area contributed by atoms with Crippen LogP contribution in [0.15, 0.2) is 30.7 Å². The summed E-state index contributed by atoms with van der Waals surface area (Å²) in [6, 6.07) is 3.14. The highest BCUT2D eigenvalue weighted by Gasteiger charge is 2.32. The third-order valence-corrected chi connectivity index (χ3v) is 5.78. The minimum absolute atomic E-state index is 0.0649. The zero-order valence-electron chi connectivity index (χ0n) is 22.0. The minimum atomic E-state index is -1.16. The number of nitrogens with one attached hydrogen (secondary N) is 1. The number of ether oxygens (including phenoxy) is 2. The first-order valence-electron chi connectivity index (χ1n) is 12.0. The molecule has 1 heterocycles. The molecule has 0 bridgehead atoms. The maximum atomic E-state index is 13.2. The number of nitrogens with zero attached hydrogens (tertiary/aromatic N) is 2. The number of halogens is 2. The molecule has 0 aliphatic heterocycles. The Morgan fingerprint density at radius 3 is 2.22 bits per heavy atom. The van der Waals surface area contributed by atoms with Gasteiger partial charge in [-0.1, -0.05) is 37.0 Å². The van der Waals surface area contributed by atoms with E-state index >= 15 is 0 Å². The van der Waals surface area contributed by atoms with Gasteiger partial charge in [-0.25, -0.2) is 4.98 Å². The van der Waals surface area contributed by atoms with Crippen molar-refractivity contribution in [3.05, 3.63) is 52.0 Å². The molecule has 2 aromatic rings. The molecule has 9 nitrogen and oxygen atoms in total. The summed E-state index contributed by atoms with van der Waals surface area (Å²) in [5.74, 6) is -2.29. The van der Waals surface area contributed by atoms with Crippen LogP contribution in [0, 0.1) is 11.3 Å². The summed E-state index contributed by atoms with van der Waals surface area (Å²) in [5, 5.41) is 13.6. The summed E-state index contributed by atoms with van der Waals surface area (Å²) in [6.45, 7) is 10.7. The number of rotatable bonds is 12. The van der Waals surface area contributed by atoms with Gasteiger partial charge in [0.25, 0.3) is 0 Å². The van der Waals surface area contributed by atoms with Gasteiger partial charge in [0.05, 0.1) is 11.7 Å². The number of aromatic nitrogens is 2. The predicted molar refractivity (Wildman–Crippen MR) is 140 cm³/mol. The van der Waals surface area contributed by atoms with Crippen LogP contribution >= 0.6 is 23.2 Å². The fourth-order valence-electron chi connectivity index (χ4n) is 3.53. The van der Waals surface area contributed by atoms with Crippen LogP contribution in [0.3, 0.4) is 0 Å². The van der Waals surface area contributed by atoms with Crippen LogP contribution in [0.5, 0.6) is 0 Å². The van der Waals surface area contributed by atoms with Crippen LogP contribution in [0.4, 0.5) is 0 Å². The summed E-state index contributed by atoms with van der Waals surface area (Å²) in [7, 11) is 0. The Kier molecular flexibility index (Phi) is 11.0. The Hall–Kier alpha value is -2.62. The Labute approximate surface area is 227 Å². The first-order chi connectivity index (χ1) is 17.1. The van der Waals surface area contributed by atoms with Crippen molar-refractivity contribution in [2.24, 2.45) is 11.3 Å². The van der Waals surface area contributed by atoms with Gasteiger partial charge >= 0.3 is 17.9 Å². The van der Waals surface area contributed by atoms with Crippen LogP contribution in [-0.2, 0) is 36.8 Å². The lowest BCUT2D eigenvalue weighted by molar-refractivity contribution is -0.191. The second kappa shape index (κ2) is 13.3. The second-order valence-corrected chi connectivity index (χ2v) is 11.3. The average molecular weight is 556 g/mol. The molecule has 204 valence electrons. The van der Waals surface area contributed by atoms with Crippen molar-refractivity contribution in [1.29, 1.82) is 0 Å². The molecule has 11 heteroatoms. The minimum Gasteiger partial charge on any atom is -0.480 e. The van der Waals surface area contributed by atoms with E-state index in [4.69, 9.17) is 32.7 Å². The fraction of sp³-hybridized carbons (Fsp3) is 0.538. The molecule has 2 N–H and O–H groups in total. The average Bonchev–Trinajstić information content (AvgIpc) is 3.17. The van der Waals surface area contributed by atoms with Crippen LogP contribution in [-0.4, -0.2) is 50.9 Å². The van der Waals surface area contributed by atoms with Gasteiger partial charge in [-0.15, -0.1) is 0 Å². The van der Waals surface area contributed by atoms with Gasteiger partial charge in [-0.3, -0.25) is 19.7 Å². The molecule has 1 aromatic heterocycles. The number of carboxylic acid groups (broad SMARTS) is 1. The monoisotopic (exact) mass is 555 g/mol. The van der Waals surface area contributed by atoms with Crippen molar-refractivity contribution in [1.82, 2.24) is 14.9 Å². The second-order valence-electron chi connectivity index (χ2n) is 10.4. The highest BCUT2D eigenvalue weighted by molar-refractivity contribution is 6.34. The number of esters is 2. The van der Waals surface area contributed by atoms with Crippen molar-refractivity contribution in [2.45, 2.75) is 79.3 Å². The van der Waals surface area contributed by atoms with Crippen LogP contribution in [0.1, 0.15) is 59.2 Å². The van der Waals surface area contributed by atoms with Gasteiger partial charge < -0.3 is 19.1 Å². The molecule has 3 atom stereocenters. The first kappa shape index (κ1) is 30.6. The van der Waals surface area contributed by atoms with Crippen LogP contribution < -0.4 is 5.32 Å². The van der Waals surface area contributed by atoms with Gasteiger partial charge in [-0.2, -0.15) is 0 Å². The molecular formula is C26H35Cl2N3O6. The molecule has 0 aliphatic carbocycles. The molecule has 0 amide bonds. The van der Waals surface area contributed by atoms with E-state index in [2.05, 4.69) is 10.3 Å². The Bertz CT molecular complexity index is 1080. The smallest absolute Gasteiger partial charge is 0.326 e. The molecule has 3 unspecified atom stereocenters. The number of aliphatic carboxylic acids is 1. The third-order valence-electron chi connectivity index (χ3n) is 5.35. The van der Waals surface area contributed by atoms with Gasteiger partial charge in [0.1, 0.15) is 12.1 Å². The van der Waals surface area contributed by atoms with Crippen molar-refractivity contribution in [2.75, 3.05) is 0 Å². The predicted octanol–water partition coefficient (Wildman–Crippen LogP) is 4.72. The number of hydrogen-bond donors (Lipinski definition) is 2. The molecular weight excluding hydrogens is 521 g/mol. The molecule has 1 aromatic carbocycles. The molecule has 0 spiro atoms. The Morgan fingerprint density at radius 1 is 1.05 bits per heavy atom. The number of carbonyl (C=O) groups is 3. The summed E-state index contributed by atoms with van der Waals surface area (Å²) in [4.78, 5) is 41.5. The van der Waals surface area contributed by atoms with Crippen LogP contribution in [0.2, 0.25) is 10.0 Å². The van der Waals surface area contributed by atoms with Crippen molar-refractivity contribution < 1.29 is 29.0 Å². The van der Waals surface area contributed by atoms with Crippen molar-refractivity contribution in [3.8, 4) is 0 Å². The highest BCUT2D eigenvalue weighted by Crippen LogP contribution is 2.21. The Balaban J connectivity index is 2.27. The van der Waals surface area contributed by atoms with E-state index in [1.54, 1.807) is 51.5 Å². The SMILES string of the molecule is CC(C)CC(NC(Cc1cncn1Cc1cc(Cl)cc(Cl)c1)C(=O)OC(C)OC(=O)C(C)(C)C)C(=O)O. The van der Waals surface area contributed by atoms with Crippen molar-refractivity contribution >= 4 is 41.1 Å². The normalized spacial score (nSPS) is 14.2. The molecule has 37 heavy (non-hydrogen) atoms. The van der Waals surface area contributed by atoms with E-state index in [-0.39, 0.29) is 12.3 Å². The lowest BCUT2D eigenvalue weighted by atomic mass is 9.97. The first-order valence-corrected chi connectivity index (χ1v) is 12.8. The van der Waals surface area contributed by atoms with Crippen molar-refractivity contribution in [3.63, 3.8) is 0 Å². The number of imidazole rings is 1. The van der Waals surface area contributed by atoms with E-state index in [0.29, 0.717) is 28.7 Å². The number of benzene rings is 1. The summed E-state index contributed by atoms with van der Waals surface area (Å²) >= 11 is 12.2. The summed E-state index contributed by atoms with van der Waals surface area (Å²) in [6.07, 6.45) is 2.41.